The Bertz CT molecular complexity index is 743. The van der Waals surface area contributed by atoms with Crippen LogP contribution in [0.1, 0.15) is 51.7 Å². The summed E-state index contributed by atoms with van der Waals surface area (Å²) in [7, 11) is 0. The molecule has 0 N–H and O–H groups in total. The predicted molar refractivity (Wildman–Crippen MR) is 109 cm³/mol. The molecule has 0 spiro atoms. The van der Waals surface area contributed by atoms with Crippen molar-refractivity contribution in [3.8, 4) is 0 Å². The molecule has 2 aliphatic carbocycles. The Morgan fingerprint density at radius 3 is 2.41 bits per heavy atom. The number of benzene rings is 1. The minimum absolute atomic E-state index is 0. The van der Waals surface area contributed by atoms with Crippen molar-refractivity contribution in [2.45, 2.75) is 52.2 Å². The van der Waals surface area contributed by atoms with Gasteiger partial charge in [0.05, 0.1) is 0 Å². The van der Waals surface area contributed by atoms with Crippen molar-refractivity contribution in [3.05, 3.63) is 75.2 Å². The maximum Gasteiger partial charge on any atom is 2.00 e. The number of hydrogen-bond donors (Lipinski definition) is 0. The third-order valence-electron chi connectivity index (χ3n) is 5.07. The molecule has 1 heterocycles. The second kappa shape index (κ2) is 12.5. The Morgan fingerprint density at radius 1 is 1.11 bits per heavy atom. The summed E-state index contributed by atoms with van der Waals surface area (Å²) in [6.07, 6.45) is 12.7. The fourth-order valence-electron chi connectivity index (χ4n) is 3.77. The second-order valence-electron chi connectivity index (χ2n) is 6.93. The van der Waals surface area contributed by atoms with Crippen LogP contribution in [0, 0.1) is 5.92 Å². The molecular weight excluding hydrogens is 470 g/mol. The molecule has 0 amide bonds. The Labute approximate surface area is 201 Å². The van der Waals surface area contributed by atoms with Crippen LogP contribution in [0.3, 0.4) is 0 Å². The first-order chi connectivity index (χ1) is 11.6. The van der Waals surface area contributed by atoms with Crippen LogP contribution in [-0.2, 0) is 32.6 Å². The number of thioether (sulfide) groups is 1. The van der Waals surface area contributed by atoms with Gasteiger partial charge in [-0.2, -0.15) is 0 Å². The van der Waals surface area contributed by atoms with Crippen molar-refractivity contribution in [1.29, 1.82) is 0 Å². The Hall–Kier alpha value is -0.00688. The van der Waals surface area contributed by atoms with Gasteiger partial charge in [0.2, 0.25) is 0 Å². The number of halogens is 2. The Balaban J connectivity index is 0.000000455. The second-order valence-corrected chi connectivity index (χ2v) is 8.21. The van der Waals surface area contributed by atoms with Crippen LogP contribution in [0.4, 0.5) is 0 Å². The fraction of sp³-hybridized carbons (Fsp3) is 0.391. The predicted octanol–water partition coefficient (Wildman–Crippen LogP) is 0.960. The average molecular weight is 499 g/mol. The van der Waals surface area contributed by atoms with E-state index in [-0.39, 0.29) is 51.0 Å². The summed E-state index contributed by atoms with van der Waals surface area (Å²) < 4.78 is 0. The van der Waals surface area contributed by atoms with Crippen molar-refractivity contribution < 1.29 is 51.0 Å². The summed E-state index contributed by atoms with van der Waals surface area (Å²) in [6.45, 7) is 8.99. The van der Waals surface area contributed by atoms with Crippen LogP contribution in [0.25, 0.3) is 6.08 Å². The molecule has 1 aromatic rings. The Kier molecular flexibility index (Phi) is 12.5. The van der Waals surface area contributed by atoms with E-state index in [1.54, 1.807) is 16.1 Å². The molecule has 0 saturated carbocycles. The monoisotopic (exact) mass is 496 g/mol. The first-order valence-corrected chi connectivity index (χ1v) is 10.0. The zero-order chi connectivity index (χ0) is 17.1. The molecule has 2 atom stereocenters. The van der Waals surface area contributed by atoms with Crippen molar-refractivity contribution in [2.24, 2.45) is 5.92 Å². The Morgan fingerprint density at radius 2 is 1.81 bits per heavy atom. The van der Waals surface area contributed by atoms with Crippen LogP contribution in [0.5, 0.6) is 0 Å². The van der Waals surface area contributed by atoms with E-state index >= 15 is 0 Å². The summed E-state index contributed by atoms with van der Waals surface area (Å²) in [5.74, 6) is 0.639. The number of hydrogen-bond acceptors (Lipinski definition) is 1. The van der Waals surface area contributed by atoms with Gasteiger partial charge in [-0.15, -0.1) is 11.8 Å². The molecule has 0 radical (unpaired) electrons. The molecule has 1 aromatic carbocycles. The van der Waals surface area contributed by atoms with Gasteiger partial charge >= 0.3 is 26.2 Å². The average Bonchev–Trinajstić information content (AvgIpc) is 3.27. The molecule has 27 heavy (non-hydrogen) atoms. The zero-order valence-electron chi connectivity index (χ0n) is 16.6. The van der Waals surface area contributed by atoms with Crippen LogP contribution in [-0.4, -0.2) is 5.25 Å². The van der Waals surface area contributed by atoms with Gasteiger partial charge in [0, 0.05) is 11.2 Å². The molecule has 4 rings (SSSR count). The third-order valence-corrected chi connectivity index (χ3v) is 6.60. The maximum atomic E-state index is 2.33. The minimum Gasteiger partial charge on any atom is -1.00 e. The standard InChI is InChI=1S/C12H16S.C11H12.2ClH.Zr/c1-4-10-12(8(2)3)9-6-5-7-11(9)13-10;1-2-9-7-10-5-3-4-6-11(10)8-9;;;/h5-7,9-10H,4H2,1-3H3;3-7H,2,8H2,1H3;2*1H;/q;;;;+2/p-2. The molecule has 0 aromatic heterocycles. The minimum atomic E-state index is 0. The van der Waals surface area contributed by atoms with E-state index < -0.39 is 0 Å². The van der Waals surface area contributed by atoms with Gasteiger partial charge in [-0.05, 0) is 54.7 Å². The molecule has 3 aliphatic rings. The number of allylic oxidation sites excluding steroid dienone is 6. The molecule has 1 aliphatic heterocycles. The van der Waals surface area contributed by atoms with E-state index in [1.165, 1.54) is 36.0 Å². The van der Waals surface area contributed by atoms with Gasteiger partial charge in [-0.3, -0.25) is 0 Å². The van der Waals surface area contributed by atoms with E-state index in [1.807, 2.05) is 0 Å². The van der Waals surface area contributed by atoms with Crippen LogP contribution < -0.4 is 24.8 Å². The summed E-state index contributed by atoms with van der Waals surface area (Å²) in [6, 6.07) is 8.63. The van der Waals surface area contributed by atoms with E-state index in [0.717, 1.165) is 5.25 Å². The van der Waals surface area contributed by atoms with Gasteiger partial charge < -0.3 is 24.8 Å². The van der Waals surface area contributed by atoms with Crippen LogP contribution in [0.15, 0.2) is 64.1 Å². The molecule has 0 bridgehead atoms. The zero-order valence-corrected chi connectivity index (χ0v) is 21.3. The van der Waals surface area contributed by atoms with Gasteiger partial charge in [-0.1, -0.05) is 73.6 Å². The summed E-state index contributed by atoms with van der Waals surface area (Å²) in [5, 5.41) is 0.742. The largest absolute Gasteiger partial charge is 2.00 e. The number of rotatable bonds is 2. The van der Waals surface area contributed by atoms with Crippen molar-refractivity contribution in [1.82, 2.24) is 0 Å². The van der Waals surface area contributed by atoms with E-state index in [2.05, 4.69) is 88.0 Å². The van der Waals surface area contributed by atoms with Gasteiger partial charge in [0.15, 0.2) is 0 Å². The van der Waals surface area contributed by atoms with Gasteiger partial charge in [0.25, 0.3) is 0 Å². The molecule has 1 fully saturated rings. The first-order valence-electron chi connectivity index (χ1n) is 9.13. The quantitative estimate of drug-likeness (QED) is 0.548. The van der Waals surface area contributed by atoms with E-state index in [9.17, 15) is 0 Å². The van der Waals surface area contributed by atoms with Crippen LogP contribution >= 0.6 is 11.8 Å². The summed E-state index contributed by atoms with van der Waals surface area (Å²) >= 11 is 2.06. The topological polar surface area (TPSA) is 0 Å². The number of fused-ring (bicyclic) bond motifs is 2. The molecule has 144 valence electrons. The first kappa shape index (κ1) is 27.0. The normalized spacial score (nSPS) is 20.7. The van der Waals surface area contributed by atoms with E-state index in [4.69, 9.17) is 0 Å². The molecule has 2 unspecified atom stereocenters. The third kappa shape index (κ3) is 6.23. The van der Waals surface area contributed by atoms with Gasteiger partial charge in [-0.25, -0.2) is 0 Å². The SMILES string of the molecule is CCC1=Cc2ccccc2C1.CCC1SC2=CC=CC2C1=C(C)C.[Cl-].[Cl-].[Zr+2]. The summed E-state index contributed by atoms with van der Waals surface area (Å²) in [5.41, 5.74) is 7.65. The van der Waals surface area contributed by atoms with Crippen molar-refractivity contribution in [2.75, 3.05) is 0 Å². The summed E-state index contributed by atoms with van der Waals surface area (Å²) in [4.78, 5) is 1.56. The van der Waals surface area contributed by atoms with E-state index in [0.29, 0.717) is 5.92 Å². The molecule has 4 heteroatoms. The smallest absolute Gasteiger partial charge is 1.00 e. The fourth-order valence-corrected chi connectivity index (χ4v) is 5.29. The van der Waals surface area contributed by atoms with Crippen molar-refractivity contribution >= 4 is 17.8 Å². The van der Waals surface area contributed by atoms with Crippen molar-refractivity contribution in [3.63, 3.8) is 0 Å². The van der Waals surface area contributed by atoms with Gasteiger partial charge in [0.1, 0.15) is 0 Å². The molecule has 1 saturated heterocycles. The van der Waals surface area contributed by atoms with Crippen LogP contribution in [0.2, 0.25) is 0 Å². The molecule has 0 nitrogen and oxygen atoms in total. The maximum absolute atomic E-state index is 2.33. The molecular formula is C23H28Cl2SZr.